The Morgan fingerprint density at radius 2 is 1.82 bits per heavy atom. The first kappa shape index (κ1) is 25.6. The van der Waals surface area contributed by atoms with E-state index in [1.54, 1.807) is 16.8 Å². The molecule has 4 aromatic rings. The van der Waals surface area contributed by atoms with E-state index in [4.69, 9.17) is 37.4 Å². The standard InChI is InChI=1S/C28H24Cl2N4O4/c1-3-37-23-14-18(10-13-22(23)38-15-19-6-4-5-7-21(19)30)26-24(27(35)36-2)25(17-8-11-20(29)12-9-17)33-28-31-16-32-34(26)28/h4-14,16,26H,3,15H2,1-2H3,(H,31,32,33)/t26-/m0/s1. The van der Waals surface area contributed by atoms with Crippen molar-refractivity contribution in [3.8, 4) is 11.5 Å². The van der Waals surface area contributed by atoms with E-state index in [1.165, 1.54) is 13.4 Å². The molecule has 10 heteroatoms. The summed E-state index contributed by atoms with van der Waals surface area (Å²) < 4.78 is 18.9. The summed E-state index contributed by atoms with van der Waals surface area (Å²) in [6.45, 7) is 2.58. The van der Waals surface area contributed by atoms with Crippen LogP contribution in [0.1, 0.15) is 29.7 Å². The number of anilines is 1. The zero-order valence-corrected chi connectivity index (χ0v) is 22.2. The highest BCUT2D eigenvalue weighted by Crippen LogP contribution is 2.41. The summed E-state index contributed by atoms with van der Waals surface area (Å²) in [6.07, 6.45) is 1.43. The number of hydrogen-bond donors (Lipinski definition) is 1. The highest BCUT2D eigenvalue weighted by atomic mass is 35.5. The molecule has 1 atom stereocenters. The Morgan fingerprint density at radius 3 is 2.55 bits per heavy atom. The highest BCUT2D eigenvalue weighted by Gasteiger charge is 2.36. The average molecular weight is 551 g/mol. The van der Waals surface area contributed by atoms with Crippen molar-refractivity contribution in [3.05, 3.63) is 105 Å². The molecule has 0 saturated carbocycles. The molecular formula is C28H24Cl2N4O4. The molecule has 0 spiro atoms. The van der Waals surface area contributed by atoms with Crippen LogP contribution >= 0.6 is 23.2 Å². The van der Waals surface area contributed by atoms with Crippen LogP contribution in [0.2, 0.25) is 10.0 Å². The highest BCUT2D eigenvalue weighted by molar-refractivity contribution is 6.31. The SMILES string of the molecule is CCOc1cc([C@H]2C(C(=O)OC)=C(c3ccc(Cl)cc3)Nc3ncnn32)ccc1OCc1ccccc1Cl. The van der Waals surface area contributed by atoms with Gasteiger partial charge in [0.1, 0.15) is 19.0 Å². The van der Waals surface area contributed by atoms with Crippen molar-refractivity contribution >= 4 is 40.8 Å². The molecule has 1 aliphatic heterocycles. The Morgan fingerprint density at radius 1 is 1.03 bits per heavy atom. The summed E-state index contributed by atoms with van der Waals surface area (Å²) in [6, 6.07) is 19.5. The van der Waals surface area contributed by atoms with Crippen molar-refractivity contribution in [2.75, 3.05) is 19.0 Å². The van der Waals surface area contributed by atoms with E-state index in [1.807, 2.05) is 61.5 Å². The lowest BCUT2D eigenvalue weighted by Crippen LogP contribution is -2.29. The first-order chi connectivity index (χ1) is 18.5. The van der Waals surface area contributed by atoms with Gasteiger partial charge in [0.25, 0.3) is 0 Å². The maximum Gasteiger partial charge on any atom is 0.338 e. The van der Waals surface area contributed by atoms with Gasteiger partial charge < -0.3 is 19.5 Å². The molecule has 0 bridgehead atoms. The van der Waals surface area contributed by atoms with E-state index in [-0.39, 0.29) is 6.61 Å². The van der Waals surface area contributed by atoms with Crippen LogP contribution in [0.5, 0.6) is 11.5 Å². The fourth-order valence-corrected chi connectivity index (χ4v) is 4.61. The molecule has 1 aromatic heterocycles. The Balaban J connectivity index is 1.59. The van der Waals surface area contributed by atoms with E-state index < -0.39 is 12.0 Å². The lowest BCUT2D eigenvalue weighted by Gasteiger charge is -2.29. The van der Waals surface area contributed by atoms with Crippen molar-refractivity contribution in [2.45, 2.75) is 19.6 Å². The largest absolute Gasteiger partial charge is 0.490 e. The lowest BCUT2D eigenvalue weighted by molar-refractivity contribution is -0.136. The molecule has 5 rings (SSSR count). The summed E-state index contributed by atoms with van der Waals surface area (Å²) in [5.74, 6) is 1.04. The van der Waals surface area contributed by atoms with Crippen molar-refractivity contribution in [2.24, 2.45) is 0 Å². The van der Waals surface area contributed by atoms with Gasteiger partial charge in [-0.15, -0.1) is 0 Å². The van der Waals surface area contributed by atoms with Gasteiger partial charge >= 0.3 is 5.97 Å². The van der Waals surface area contributed by atoms with Crippen molar-refractivity contribution in [1.29, 1.82) is 0 Å². The number of benzene rings is 3. The molecule has 38 heavy (non-hydrogen) atoms. The average Bonchev–Trinajstić information content (AvgIpc) is 3.41. The number of nitrogens with one attached hydrogen (secondary N) is 1. The third kappa shape index (κ3) is 5.05. The number of ether oxygens (including phenoxy) is 3. The zero-order chi connectivity index (χ0) is 26.6. The number of carbonyl (C=O) groups excluding carboxylic acids is 1. The summed E-state index contributed by atoms with van der Waals surface area (Å²) in [7, 11) is 1.35. The van der Waals surface area contributed by atoms with E-state index in [9.17, 15) is 4.79 Å². The molecule has 8 nitrogen and oxygen atoms in total. The Bertz CT molecular complexity index is 1500. The summed E-state index contributed by atoms with van der Waals surface area (Å²) in [4.78, 5) is 17.6. The number of fused-ring (bicyclic) bond motifs is 1. The number of hydrogen-bond acceptors (Lipinski definition) is 7. The number of esters is 1. The first-order valence-electron chi connectivity index (χ1n) is 11.9. The van der Waals surface area contributed by atoms with Gasteiger partial charge in [0, 0.05) is 15.6 Å². The third-order valence-corrected chi connectivity index (χ3v) is 6.68. The molecule has 1 aliphatic rings. The third-order valence-electron chi connectivity index (χ3n) is 6.06. The summed E-state index contributed by atoms with van der Waals surface area (Å²) >= 11 is 12.4. The van der Waals surface area contributed by atoms with Gasteiger partial charge in [-0.2, -0.15) is 10.1 Å². The smallest absolute Gasteiger partial charge is 0.338 e. The number of aromatic nitrogens is 3. The molecule has 194 valence electrons. The molecule has 0 radical (unpaired) electrons. The molecule has 3 aromatic carbocycles. The van der Waals surface area contributed by atoms with Gasteiger partial charge in [-0.3, -0.25) is 0 Å². The monoisotopic (exact) mass is 550 g/mol. The van der Waals surface area contributed by atoms with E-state index >= 15 is 0 Å². The Kier molecular flexibility index (Phi) is 7.53. The van der Waals surface area contributed by atoms with Crippen LogP contribution in [-0.4, -0.2) is 34.5 Å². The minimum Gasteiger partial charge on any atom is -0.490 e. The molecule has 1 N–H and O–H groups in total. The second-order valence-electron chi connectivity index (χ2n) is 8.36. The number of methoxy groups -OCH3 is 1. The van der Waals surface area contributed by atoms with E-state index in [0.717, 1.165) is 16.7 Å². The molecule has 0 aliphatic carbocycles. The topological polar surface area (TPSA) is 87.5 Å². The first-order valence-corrected chi connectivity index (χ1v) is 12.6. The maximum atomic E-state index is 13.2. The van der Waals surface area contributed by atoms with Crippen molar-refractivity contribution in [3.63, 3.8) is 0 Å². The summed E-state index contributed by atoms with van der Waals surface area (Å²) in [5, 5.41) is 8.84. The quantitative estimate of drug-likeness (QED) is 0.263. The van der Waals surface area contributed by atoms with Gasteiger partial charge in [0.05, 0.1) is 25.0 Å². The van der Waals surface area contributed by atoms with Crippen LogP contribution in [0.4, 0.5) is 5.95 Å². The normalized spacial score (nSPS) is 14.5. The number of nitrogens with zero attached hydrogens (tertiary/aromatic N) is 3. The molecular weight excluding hydrogens is 527 g/mol. The van der Waals surface area contributed by atoms with Gasteiger partial charge in [0.2, 0.25) is 5.95 Å². The van der Waals surface area contributed by atoms with Gasteiger partial charge in [-0.25, -0.2) is 9.48 Å². The van der Waals surface area contributed by atoms with E-state index in [2.05, 4.69) is 15.4 Å². The fraction of sp³-hybridized carbons (Fsp3) is 0.179. The van der Waals surface area contributed by atoms with Gasteiger partial charge in [-0.05, 0) is 48.4 Å². The molecule has 0 unspecified atom stereocenters. The predicted octanol–water partition coefficient (Wildman–Crippen LogP) is 6.16. The number of rotatable bonds is 8. The maximum absolute atomic E-state index is 13.2. The fourth-order valence-electron chi connectivity index (χ4n) is 4.30. The minimum atomic E-state index is -0.649. The molecule has 0 amide bonds. The van der Waals surface area contributed by atoms with Gasteiger partial charge in [0.15, 0.2) is 11.5 Å². The Labute approximate surface area is 229 Å². The lowest BCUT2D eigenvalue weighted by atomic mass is 9.92. The van der Waals surface area contributed by atoms with Gasteiger partial charge in [-0.1, -0.05) is 59.6 Å². The van der Waals surface area contributed by atoms with Crippen LogP contribution in [0.25, 0.3) is 5.70 Å². The second kappa shape index (κ2) is 11.2. The molecule has 2 heterocycles. The number of carbonyl (C=O) groups is 1. The zero-order valence-electron chi connectivity index (χ0n) is 20.7. The van der Waals surface area contributed by atoms with Crippen molar-refractivity contribution in [1.82, 2.24) is 14.8 Å². The Hall–Kier alpha value is -4.01. The van der Waals surface area contributed by atoms with Crippen LogP contribution < -0.4 is 14.8 Å². The van der Waals surface area contributed by atoms with Crippen LogP contribution in [-0.2, 0) is 16.1 Å². The second-order valence-corrected chi connectivity index (χ2v) is 9.21. The van der Waals surface area contributed by atoms with Crippen LogP contribution in [0.3, 0.4) is 0 Å². The van der Waals surface area contributed by atoms with Crippen molar-refractivity contribution < 1.29 is 19.0 Å². The number of halogens is 2. The van der Waals surface area contributed by atoms with Crippen LogP contribution in [0, 0.1) is 0 Å². The molecule has 0 fully saturated rings. The van der Waals surface area contributed by atoms with Crippen LogP contribution in [0.15, 0.2) is 78.6 Å². The van der Waals surface area contributed by atoms with E-state index in [0.29, 0.717) is 45.4 Å². The molecule has 0 saturated heterocycles. The predicted molar refractivity (Wildman–Crippen MR) is 146 cm³/mol. The minimum absolute atomic E-state index is 0.272. The summed E-state index contributed by atoms with van der Waals surface area (Å²) in [5.41, 5.74) is 3.25.